The Morgan fingerprint density at radius 1 is 0.818 bits per heavy atom. The Morgan fingerprint density at radius 2 is 1.27 bits per heavy atom. The number of aliphatic hydroxyl groups excluding tert-OH is 2. The van der Waals surface area contributed by atoms with Crippen LogP contribution >= 0.6 is 0 Å². The lowest BCUT2D eigenvalue weighted by atomic mass is 9.99. The van der Waals surface area contributed by atoms with Gasteiger partial charge in [-0.15, -0.1) is 0 Å². The first-order valence-corrected chi connectivity index (χ1v) is 4.58. The van der Waals surface area contributed by atoms with E-state index in [2.05, 4.69) is 0 Å². The van der Waals surface area contributed by atoms with Gasteiger partial charge < -0.3 is 10.2 Å². The van der Waals surface area contributed by atoms with Gasteiger partial charge in [-0.3, -0.25) is 0 Å². The normalized spacial score (nSPS) is 33.3. The Labute approximate surface area is 68.2 Å². The first-order chi connectivity index (χ1) is 5.36. The maximum Gasteiger partial charge on any atom is 0.0459 e. The van der Waals surface area contributed by atoms with Gasteiger partial charge >= 0.3 is 0 Å². The minimum atomic E-state index is 0.331. The van der Waals surface area contributed by atoms with Crippen LogP contribution < -0.4 is 0 Å². The number of rotatable bonds is 2. The number of aliphatic hydroxyl groups is 2. The van der Waals surface area contributed by atoms with Crippen LogP contribution in [0.4, 0.5) is 0 Å². The lowest BCUT2D eigenvalue weighted by Gasteiger charge is -2.10. The van der Waals surface area contributed by atoms with Crippen LogP contribution in [0.1, 0.15) is 32.1 Å². The Kier molecular flexibility index (Phi) is 3.87. The van der Waals surface area contributed by atoms with Gasteiger partial charge in [-0.1, -0.05) is 6.42 Å². The summed E-state index contributed by atoms with van der Waals surface area (Å²) < 4.78 is 0. The lowest BCUT2D eigenvalue weighted by Crippen LogP contribution is -2.06. The summed E-state index contributed by atoms with van der Waals surface area (Å²) in [6.07, 6.45) is 5.67. The van der Waals surface area contributed by atoms with Gasteiger partial charge in [0.05, 0.1) is 0 Å². The second-order valence-electron chi connectivity index (χ2n) is 3.61. The summed E-state index contributed by atoms with van der Waals surface area (Å²) in [5, 5.41) is 17.8. The molecule has 0 aliphatic heterocycles. The second-order valence-corrected chi connectivity index (χ2v) is 3.61. The standard InChI is InChI=1S/C9H18O2/c10-6-8-2-1-3-9(7-11)5-4-8/h8-11H,1-7H2/t8-,9+. The zero-order valence-corrected chi connectivity index (χ0v) is 7.00. The van der Waals surface area contributed by atoms with Gasteiger partial charge in [0.2, 0.25) is 0 Å². The summed E-state index contributed by atoms with van der Waals surface area (Å²) in [7, 11) is 0. The van der Waals surface area contributed by atoms with Gasteiger partial charge in [-0.25, -0.2) is 0 Å². The average Bonchev–Trinajstić information content (AvgIpc) is 2.28. The molecule has 11 heavy (non-hydrogen) atoms. The molecule has 0 saturated heterocycles. The summed E-state index contributed by atoms with van der Waals surface area (Å²) in [5.41, 5.74) is 0. The molecule has 0 aromatic heterocycles. The topological polar surface area (TPSA) is 40.5 Å². The molecule has 0 aromatic carbocycles. The van der Waals surface area contributed by atoms with E-state index < -0.39 is 0 Å². The van der Waals surface area contributed by atoms with Crippen molar-refractivity contribution in [1.82, 2.24) is 0 Å². The zero-order chi connectivity index (χ0) is 8.10. The minimum absolute atomic E-state index is 0.331. The van der Waals surface area contributed by atoms with Crippen molar-refractivity contribution < 1.29 is 10.2 Å². The first kappa shape index (κ1) is 9.01. The number of hydrogen-bond acceptors (Lipinski definition) is 2. The van der Waals surface area contributed by atoms with E-state index in [1.54, 1.807) is 0 Å². The Hall–Kier alpha value is -0.0800. The SMILES string of the molecule is OC[C@@H]1CCC[C@H](CO)CC1. The van der Waals surface area contributed by atoms with E-state index in [0.29, 0.717) is 25.0 Å². The van der Waals surface area contributed by atoms with Crippen molar-refractivity contribution >= 4 is 0 Å². The first-order valence-electron chi connectivity index (χ1n) is 4.58. The van der Waals surface area contributed by atoms with E-state index >= 15 is 0 Å². The summed E-state index contributed by atoms with van der Waals surface area (Å²) in [6.45, 7) is 0.663. The van der Waals surface area contributed by atoms with Gasteiger partial charge in [-0.05, 0) is 37.5 Å². The van der Waals surface area contributed by atoms with Crippen LogP contribution in [-0.2, 0) is 0 Å². The molecule has 0 amide bonds. The molecule has 1 fully saturated rings. The molecule has 0 bridgehead atoms. The molecule has 0 heterocycles. The second kappa shape index (κ2) is 4.73. The largest absolute Gasteiger partial charge is 0.396 e. The number of hydrogen-bond donors (Lipinski definition) is 2. The quantitative estimate of drug-likeness (QED) is 0.592. The zero-order valence-electron chi connectivity index (χ0n) is 7.00. The Bertz CT molecular complexity index is 91.7. The van der Waals surface area contributed by atoms with Gasteiger partial charge in [0, 0.05) is 13.2 Å². The van der Waals surface area contributed by atoms with Crippen LogP contribution in [0.15, 0.2) is 0 Å². The van der Waals surface area contributed by atoms with Gasteiger partial charge in [0.25, 0.3) is 0 Å². The molecule has 0 spiro atoms. The molecule has 1 rings (SSSR count). The summed E-state index contributed by atoms with van der Waals surface area (Å²) in [6, 6.07) is 0. The molecule has 2 nitrogen and oxygen atoms in total. The Balaban J connectivity index is 2.27. The van der Waals surface area contributed by atoms with Crippen molar-refractivity contribution in [3.8, 4) is 0 Å². The van der Waals surface area contributed by atoms with E-state index in [1.165, 1.54) is 6.42 Å². The third-order valence-corrected chi connectivity index (χ3v) is 2.72. The van der Waals surface area contributed by atoms with E-state index in [4.69, 9.17) is 10.2 Å². The van der Waals surface area contributed by atoms with Gasteiger partial charge in [0.1, 0.15) is 0 Å². The summed E-state index contributed by atoms with van der Waals surface area (Å²) in [4.78, 5) is 0. The highest BCUT2D eigenvalue weighted by Gasteiger charge is 2.17. The summed E-state index contributed by atoms with van der Waals surface area (Å²) in [5.74, 6) is 1.01. The van der Waals surface area contributed by atoms with Crippen LogP contribution in [0.3, 0.4) is 0 Å². The van der Waals surface area contributed by atoms with Crippen LogP contribution in [0.2, 0.25) is 0 Å². The highest BCUT2D eigenvalue weighted by molar-refractivity contribution is 4.69. The van der Waals surface area contributed by atoms with Crippen LogP contribution in [0.25, 0.3) is 0 Å². The third kappa shape index (κ3) is 2.80. The molecule has 2 N–H and O–H groups in total. The van der Waals surface area contributed by atoms with Crippen LogP contribution in [0, 0.1) is 11.8 Å². The highest BCUT2D eigenvalue weighted by atomic mass is 16.3. The van der Waals surface area contributed by atoms with E-state index in [-0.39, 0.29) is 0 Å². The van der Waals surface area contributed by atoms with Crippen molar-refractivity contribution in [3.05, 3.63) is 0 Å². The van der Waals surface area contributed by atoms with Crippen LogP contribution in [0.5, 0.6) is 0 Å². The molecule has 0 aromatic rings. The molecule has 1 aliphatic rings. The molecular weight excluding hydrogens is 140 g/mol. The molecule has 1 aliphatic carbocycles. The van der Waals surface area contributed by atoms with Crippen molar-refractivity contribution in [2.45, 2.75) is 32.1 Å². The van der Waals surface area contributed by atoms with Crippen molar-refractivity contribution in [2.24, 2.45) is 11.8 Å². The molecule has 1 saturated carbocycles. The fraction of sp³-hybridized carbons (Fsp3) is 1.00. The van der Waals surface area contributed by atoms with Crippen LogP contribution in [-0.4, -0.2) is 23.4 Å². The van der Waals surface area contributed by atoms with Crippen molar-refractivity contribution in [2.75, 3.05) is 13.2 Å². The highest BCUT2D eigenvalue weighted by Crippen LogP contribution is 2.26. The maximum atomic E-state index is 8.91. The van der Waals surface area contributed by atoms with E-state index in [9.17, 15) is 0 Å². The predicted octanol–water partition coefficient (Wildman–Crippen LogP) is 1.17. The molecule has 0 unspecified atom stereocenters. The molecular formula is C9H18O2. The third-order valence-electron chi connectivity index (χ3n) is 2.72. The lowest BCUT2D eigenvalue weighted by molar-refractivity contribution is 0.197. The molecule has 0 radical (unpaired) electrons. The van der Waals surface area contributed by atoms with Crippen molar-refractivity contribution in [1.29, 1.82) is 0 Å². The fourth-order valence-electron chi connectivity index (χ4n) is 1.82. The minimum Gasteiger partial charge on any atom is -0.396 e. The fourth-order valence-corrected chi connectivity index (χ4v) is 1.82. The monoisotopic (exact) mass is 158 g/mol. The van der Waals surface area contributed by atoms with Gasteiger partial charge in [-0.2, -0.15) is 0 Å². The van der Waals surface area contributed by atoms with E-state index in [0.717, 1.165) is 25.7 Å². The maximum absolute atomic E-state index is 8.91. The van der Waals surface area contributed by atoms with E-state index in [1.807, 2.05) is 0 Å². The van der Waals surface area contributed by atoms with Crippen molar-refractivity contribution in [3.63, 3.8) is 0 Å². The Morgan fingerprint density at radius 3 is 1.64 bits per heavy atom. The smallest absolute Gasteiger partial charge is 0.0459 e. The van der Waals surface area contributed by atoms with Gasteiger partial charge in [0.15, 0.2) is 0 Å². The molecule has 66 valence electrons. The average molecular weight is 158 g/mol. The molecule has 2 heteroatoms. The predicted molar refractivity (Wildman–Crippen MR) is 44.2 cm³/mol. The summed E-state index contributed by atoms with van der Waals surface area (Å²) >= 11 is 0. The molecule has 2 atom stereocenters.